The average Bonchev–Trinajstić information content (AvgIpc) is 3.17. The van der Waals surface area contributed by atoms with E-state index in [2.05, 4.69) is 6.58 Å². The number of phenols is 1. The second-order valence-electron chi connectivity index (χ2n) is 7.10. The monoisotopic (exact) mass is 410 g/mol. The van der Waals surface area contributed by atoms with Crippen molar-refractivity contribution in [2.24, 2.45) is 0 Å². The molecular formula is C23H22O7. The maximum Gasteiger partial charge on any atom is 0.239 e. The molecule has 1 aliphatic heterocycles. The molecule has 2 aromatic carbocycles. The van der Waals surface area contributed by atoms with Gasteiger partial charge in [0.25, 0.3) is 0 Å². The second kappa shape index (κ2) is 7.33. The molecular weight excluding hydrogens is 388 g/mol. The van der Waals surface area contributed by atoms with E-state index < -0.39 is 5.43 Å². The van der Waals surface area contributed by atoms with E-state index in [1.807, 2.05) is 6.92 Å². The van der Waals surface area contributed by atoms with Crippen molar-refractivity contribution < 1.29 is 28.5 Å². The maximum atomic E-state index is 13.2. The predicted octanol–water partition coefficient (Wildman–Crippen LogP) is 4.07. The number of benzene rings is 2. The van der Waals surface area contributed by atoms with Crippen LogP contribution in [0.25, 0.3) is 22.3 Å². The fourth-order valence-electron chi connectivity index (χ4n) is 3.65. The van der Waals surface area contributed by atoms with Crippen LogP contribution in [0.2, 0.25) is 0 Å². The summed E-state index contributed by atoms with van der Waals surface area (Å²) in [5.74, 6) is 1.53. The standard InChI is InChI=1S/C23H22O7/c1-11(2)15-9-13-16(29-15)10-18-19(20(13)24)21(25)23(28-5)22(30-18)12-6-7-14(26-3)17(8-12)27-4/h6-8,10,15,24H,1,9H2,2-5H3/t15-/m0/s1. The van der Waals surface area contributed by atoms with E-state index in [9.17, 15) is 9.90 Å². The minimum atomic E-state index is -0.470. The maximum absolute atomic E-state index is 13.2. The lowest BCUT2D eigenvalue weighted by atomic mass is 10.0. The van der Waals surface area contributed by atoms with Crippen LogP contribution >= 0.6 is 0 Å². The van der Waals surface area contributed by atoms with E-state index in [1.54, 1.807) is 24.3 Å². The Bertz CT molecular complexity index is 1220. The molecule has 30 heavy (non-hydrogen) atoms. The lowest BCUT2D eigenvalue weighted by Crippen LogP contribution is -2.13. The molecule has 156 valence electrons. The summed E-state index contributed by atoms with van der Waals surface area (Å²) in [5, 5.41) is 10.9. The SMILES string of the molecule is C=C(C)[C@@H]1Cc2c(cc3oc(-c4ccc(OC)c(OC)c4)c(OC)c(=O)c3c2O)O1. The summed E-state index contributed by atoms with van der Waals surface area (Å²) in [6.45, 7) is 5.77. The largest absolute Gasteiger partial charge is 0.507 e. The van der Waals surface area contributed by atoms with E-state index in [0.717, 1.165) is 5.57 Å². The van der Waals surface area contributed by atoms with Crippen LogP contribution in [0.1, 0.15) is 12.5 Å². The third-order valence-corrected chi connectivity index (χ3v) is 5.24. The van der Waals surface area contributed by atoms with Crippen LogP contribution in [0.15, 0.2) is 45.6 Å². The van der Waals surface area contributed by atoms with Gasteiger partial charge in [-0.25, -0.2) is 0 Å². The van der Waals surface area contributed by atoms with Gasteiger partial charge in [0.05, 0.1) is 21.3 Å². The molecule has 7 nitrogen and oxygen atoms in total. The number of ether oxygens (including phenoxy) is 4. The first kappa shape index (κ1) is 19.7. The Kier molecular flexibility index (Phi) is 4.81. The molecule has 0 aliphatic carbocycles. The third-order valence-electron chi connectivity index (χ3n) is 5.24. The van der Waals surface area contributed by atoms with E-state index in [4.69, 9.17) is 23.4 Å². The van der Waals surface area contributed by atoms with Crippen molar-refractivity contribution in [2.45, 2.75) is 19.4 Å². The molecule has 0 saturated carbocycles. The highest BCUT2D eigenvalue weighted by atomic mass is 16.5. The van der Waals surface area contributed by atoms with Crippen LogP contribution in [0.3, 0.4) is 0 Å². The number of aromatic hydroxyl groups is 1. The highest BCUT2D eigenvalue weighted by molar-refractivity contribution is 5.90. The summed E-state index contributed by atoms with van der Waals surface area (Å²) in [7, 11) is 4.44. The fourth-order valence-corrected chi connectivity index (χ4v) is 3.65. The number of hydrogen-bond acceptors (Lipinski definition) is 7. The lowest BCUT2D eigenvalue weighted by Gasteiger charge is -2.13. The van der Waals surface area contributed by atoms with Gasteiger partial charge in [0.2, 0.25) is 11.2 Å². The van der Waals surface area contributed by atoms with Crippen LogP contribution in [0, 0.1) is 0 Å². The zero-order valence-corrected chi connectivity index (χ0v) is 17.2. The van der Waals surface area contributed by atoms with Crippen molar-refractivity contribution in [3.63, 3.8) is 0 Å². The zero-order valence-electron chi connectivity index (χ0n) is 17.2. The van der Waals surface area contributed by atoms with Gasteiger partial charge >= 0.3 is 0 Å². The molecule has 0 unspecified atom stereocenters. The molecule has 0 fully saturated rings. The van der Waals surface area contributed by atoms with Crippen LogP contribution in [-0.4, -0.2) is 32.5 Å². The second-order valence-corrected chi connectivity index (χ2v) is 7.10. The Morgan fingerprint density at radius 3 is 2.50 bits per heavy atom. The van der Waals surface area contributed by atoms with Gasteiger partial charge < -0.3 is 28.5 Å². The fraction of sp³-hybridized carbons (Fsp3) is 0.261. The summed E-state index contributed by atoms with van der Waals surface area (Å²) in [6, 6.07) is 6.75. The van der Waals surface area contributed by atoms with Crippen molar-refractivity contribution in [1.82, 2.24) is 0 Å². The first-order valence-corrected chi connectivity index (χ1v) is 9.33. The van der Waals surface area contributed by atoms with Gasteiger partial charge in [-0.15, -0.1) is 0 Å². The zero-order chi connectivity index (χ0) is 21.6. The van der Waals surface area contributed by atoms with E-state index >= 15 is 0 Å². The molecule has 1 atom stereocenters. The molecule has 0 radical (unpaired) electrons. The van der Waals surface area contributed by atoms with E-state index in [-0.39, 0.29) is 34.3 Å². The van der Waals surface area contributed by atoms with Crippen LogP contribution in [0.5, 0.6) is 28.7 Å². The summed E-state index contributed by atoms with van der Waals surface area (Å²) in [6.07, 6.45) is 0.177. The molecule has 7 heteroatoms. The quantitative estimate of drug-likeness (QED) is 0.635. The molecule has 4 rings (SSSR count). The van der Waals surface area contributed by atoms with Crippen molar-refractivity contribution in [3.8, 4) is 40.1 Å². The van der Waals surface area contributed by atoms with E-state index in [1.165, 1.54) is 21.3 Å². The van der Waals surface area contributed by atoms with E-state index in [0.29, 0.717) is 34.8 Å². The summed E-state index contributed by atoms with van der Waals surface area (Å²) in [5.41, 5.74) is 1.68. The molecule has 0 saturated heterocycles. The smallest absolute Gasteiger partial charge is 0.239 e. The van der Waals surface area contributed by atoms with Crippen LogP contribution in [-0.2, 0) is 6.42 Å². The number of rotatable bonds is 5. The third kappa shape index (κ3) is 2.94. The van der Waals surface area contributed by atoms with Gasteiger partial charge in [-0.3, -0.25) is 4.79 Å². The molecule has 1 aliphatic rings. The normalized spacial score (nSPS) is 14.9. The van der Waals surface area contributed by atoms with Gasteiger partial charge in [-0.05, 0) is 30.7 Å². The van der Waals surface area contributed by atoms with Crippen molar-refractivity contribution >= 4 is 11.0 Å². The summed E-state index contributed by atoms with van der Waals surface area (Å²) in [4.78, 5) is 13.2. The molecule has 0 bridgehead atoms. The molecule has 1 N–H and O–H groups in total. The van der Waals surface area contributed by atoms with Crippen molar-refractivity contribution in [1.29, 1.82) is 0 Å². The van der Waals surface area contributed by atoms with Crippen LogP contribution < -0.4 is 24.4 Å². The minimum absolute atomic E-state index is 0.0136. The van der Waals surface area contributed by atoms with Crippen molar-refractivity contribution in [2.75, 3.05) is 21.3 Å². The minimum Gasteiger partial charge on any atom is -0.507 e. The highest BCUT2D eigenvalue weighted by Gasteiger charge is 2.30. The van der Waals surface area contributed by atoms with Gasteiger partial charge in [0.1, 0.15) is 28.6 Å². The van der Waals surface area contributed by atoms with Crippen LogP contribution in [0.4, 0.5) is 0 Å². The first-order chi connectivity index (χ1) is 14.4. The van der Waals surface area contributed by atoms with Crippen molar-refractivity contribution in [3.05, 3.63) is 52.2 Å². The van der Waals surface area contributed by atoms with Gasteiger partial charge in [-0.2, -0.15) is 0 Å². The number of fused-ring (bicyclic) bond motifs is 2. The van der Waals surface area contributed by atoms with Gasteiger partial charge in [0.15, 0.2) is 17.3 Å². The molecule has 3 aromatic rings. The Morgan fingerprint density at radius 1 is 1.13 bits per heavy atom. The molecule has 1 aromatic heterocycles. The number of phenolic OH excluding ortho intramolecular Hbond substituents is 1. The number of methoxy groups -OCH3 is 3. The Hall–Kier alpha value is -3.61. The predicted molar refractivity (Wildman–Crippen MR) is 112 cm³/mol. The average molecular weight is 410 g/mol. The number of hydrogen-bond donors (Lipinski definition) is 1. The first-order valence-electron chi connectivity index (χ1n) is 9.33. The topological polar surface area (TPSA) is 87.4 Å². The Labute approximate surface area is 173 Å². The Morgan fingerprint density at radius 2 is 1.87 bits per heavy atom. The highest BCUT2D eigenvalue weighted by Crippen LogP contribution is 2.44. The van der Waals surface area contributed by atoms with Gasteiger partial charge in [0, 0.05) is 23.6 Å². The molecule has 2 heterocycles. The summed E-state index contributed by atoms with van der Waals surface area (Å²) >= 11 is 0. The molecule has 0 amide bonds. The Balaban J connectivity index is 1.97. The summed E-state index contributed by atoms with van der Waals surface area (Å²) < 4.78 is 27.9. The lowest BCUT2D eigenvalue weighted by molar-refractivity contribution is 0.271. The molecule has 0 spiro atoms. The van der Waals surface area contributed by atoms with Gasteiger partial charge in [-0.1, -0.05) is 6.58 Å².